The average Bonchev–Trinajstić information content (AvgIpc) is 2.78. The minimum atomic E-state index is -0.748. The van der Waals surface area contributed by atoms with Gasteiger partial charge in [-0.25, -0.2) is 4.79 Å². The van der Waals surface area contributed by atoms with Crippen molar-refractivity contribution in [3.63, 3.8) is 0 Å². The van der Waals surface area contributed by atoms with Gasteiger partial charge in [-0.1, -0.05) is 20.8 Å². The monoisotopic (exact) mass is 298 g/mol. The Morgan fingerprint density at radius 1 is 1.24 bits per heavy atom. The summed E-state index contributed by atoms with van der Waals surface area (Å²) in [6.07, 6.45) is 5.04. The first-order valence-corrected chi connectivity index (χ1v) is 8.14. The van der Waals surface area contributed by atoms with E-state index in [1.165, 1.54) is 6.42 Å². The van der Waals surface area contributed by atoms with Crippen LogP contribution in [0.4, 0.5) is 4.79 Å². The van der Waals surface area contributed by atoms with Crippen LogP contribution < -0.4 is 10.6 Å². The lowest BCUT2D eigenvalue weighted by molar-refractivity contribution is -0.137. The zero-order chi connectivity index (χ0) is 15.8. The van der Waals surface area contributed by atoms with Crippen molar-refractivity contribution in [3.05, 3.63) is 0 Å². The maximum atomic E-state index is 11.8. The standard InChI is InChI=1S/C16H30N2O3/c1-11(2)13(5-7-15(19)20)8-9-17-16(21)18-14-6-4-12(3)10-14/h11-14H,4-10H2,1-3H3,(H,19,20)(H2,17,18,21). The first-order chi connectivity index (χ1) is 9.88. The number of urea groups is 1. The molecule has 1 aliphatic carbocycles. The van der Waals surface area contributed by atoms with Gasteiger partial charge in [0.25, 0.3) is 0 Å². The summed E-state index contributed by atoms with van der Waals surface area (Å²) in [5, 5.41) is 14.7. The summed E-state index contributed by atoms with van der Waals surface area (Å²) < 4.78 is 0. The van der Waals surface area contributed by atoms with Gasteiger partial charge in [-0.2, -0.15) is 0 Å². The number of nitrogens with one attached hydrogen (secondary N) is 2. The molecule has 0 aliphatic heterocycles. The number of amides is 2. The van der Waals surface area contributed by atoms with Crippen LogP contribution in [-0.2, 0) is 4.79 Å². The van der Waals surface area contributed by atoms with Gasteiger partial charge in [0.15, 0.2) is 0 Å². The molecule has 1 saturated carbocycles. The highest BCUT2D eigenvalue weighted by Gasteiger charge is 2.22. The minimum Gasteiger partial charge on any atom is -0.481 e. The van der Waals surface area contributed by atoms with Crippen molar-refractivity contribution in [1.82, 2.24) is 10.6 Å². The molecule has 0 heterocycles. The number of carboxylic acids is 1. The molecule has 1 fully saturated rings. The van der Waals surface area contributed by atoms with E-state index in [1.807, 2.05) is 0 Å². The summed E-state index contributed by atoms with van der Waals surface area (Å²) in [4.78, 5) is 22.5. The molecule has 122 valence electrons. The first kappa shape index (κ1) is 17.8. The van der Waals surface area contributed by atoms with Crippen molar-refractivity contribution in [3.8, 4) is 0 Å². The van der Waals surface area contributed by atoms with Crippen LogP contribution in [0.2, 0.25) is 0 Å². The second kappa shape index (κ2) is 8.90. The highest BCUT2D eigenvalue weighted by Crippen LogP contribution is 2.24. The second-order valence-corrected chi connectivity index (χ2v) is 6.74. The lowest BCUT2D eigenvalue weighted by Gasteiger charge is -2.20. The zero-order valence-corrected chi connectivity index (χ0v) is 13.5. The molecule has 1 aliphatic rings. The third-order valence-corrected chi connectivity index (χ3v) is 4.50. The topological polar surface area (TPSA) is 78.4 Å². The molecule has 3 N–H and O–H groups in total. The number of carboxylic acid groups (broad SMARTS) is 1. The van der Waals surface area contributed by atoms with Gasteiger partial charge in [-0.15, -0.1) is 0 Å². The quantitative estimate of drug-likeness (QED) is 0.644. The number of carbonyl (C=O) groups excluding carboxylic acids is 1. The van der Waals surface area contributed by atoms with E-state index in [1.54, 1.807) is 0 Å². The van der Waals surface area contributed by atoms with Gasteiger partial charge in [0.05, 0.1) is 0 Å². The number of rotatable bonds is 8. The van der Waals surface area contributed by atoms with E-state index in [-0.39, 0.29) is 12.5 Å². The van der Waals surface area contributed by atoms with Crippen molar-refractivity contribution in [2.24, 2.45) is 17.8 Å². The molecule has 3 unspecified atom stereocenters. The predicted molar refractivity (Wildman–Crippen MR) is 83.2 cm³/mol. The van der Waals surface area contributed by atoms with Crippen LogP contribution in [0.3, 0.4) is 0 Å². The Labute approximate surface area is 127 Å². The van der Waals surface area contributed by atoms with Crippen LogP contribution in [0, 0.1) is 17.8 Å². The Kier molecular flexibility index (Phi) is 7.54. The molecule has 0 spiro atoms. The smallest absolute Gasteiger partial charge is 0.315 e. The van der Waals surface area contributed by atoms with E-state index in [4.69, 9.17) is 5.11 Å². The molecule has 0 bridgehead atoms. The molecule has 2 amide bonds. The van der Waals surface area contributed by atoms with E-state index < -0.39 is 5.97 Å². The fourth-order valence-electron chi connectivity index (χ4n) is 3.07. The largest absolute Gasteiger partial charge is 0.481 e. The summed E-state index contributed by atoms with van der Waals surface area (Å²) in [6.45, 7) is 7.03. The summed E-state index contributed by atoms with van der Waals surface area (Å²) in [7, 11) is 0. The second-order valence-electron chi connectivity index (χ2n) is 6.74. The van der Waals surface area contributed by atoms with Gasteiger partial charge in [0.1, 0.15) is 0 Å². The van der Waals surface area contributed by atoms with Gasteiger partial charge in [-0.3, -0.25) is 4.79 Å². The lowest BCUT2D eigenvalue weighted by atomic mass is 9.88. The summed E-state index contributed by atoms with van der Waals surface area (Å²) in [5.41, 5.74) is 0. The van der Waals surface area contributed by atoms with E-state index in [9.17, 15) is 9.59 Å². The van der Waals surface area contributed by atoms with Crippen LogP contribution in [0.5, 0.6) is 0 Å². The normalized spacial score (nSPS) is 23.0. The predicted octanol–water partition coefficient (Wildman–Crippen LogP) is 3.00. The number of hydrogen-bond donors (Lipinski definition) is 3. The molecule has 3 atom stereocenters. The molecular formula is C16H30N2O3. The highest BCUT2D eigenvalue weighted by atomic mass is 16.4. The Bertz CT molecular complexity index is 344. The van der Waals surface area contributed by atoms with E-state index in [2.05, 4.69) is 31.4 Å². The molecular weight excluding hydrogens is 268 g/mol. The number of hydrogen-bond acceptors (Lipinski definition) is 2. The Balaban J connectivity index is 2.20. The van der Waals surface area contributed by atoms with E-state index >= 15 is 0 Å². The van der Waals surface area contributed by atoms with E-state index in [0.29, 0.717) is 36.8 Å². The SMILES string of the molecule is CC1CCC(NC(=O)NCCC(CCC(=O)O)C(C)C)C1. The van der Waals surface area contributed by atoms with Crippen molar-refractivity contribution >= 4 is 12.0 Å². The molecule has 21 heavy (non-hydrogen) atoms. The number of carbonyl (C=O) groups is 2. The zero-order valence-electron chi connectivity index (χ0n) is 13.5. The summed E-state index contributed by atoms with van der Waals surface area (Å²) in [5.74, 6) is 0.733. The maximum absolute atomic E-state index is 11.8. The van der Waals surface area contributed by atoms with Crippen molar-refractivity contribution in [1.29, 1.82) is 0 Å². The first-order valence-electron chi connectivity index (χ1n) is 8.14. The molecule has 1 rings (SSSR count). The Hall–Kier alpha value is -1.26. The molecule has 0 saturated heterocycles. The summed E-state index contributed by atoms with van der Waals surface area (Å²) >= 11 is 0. The van der Waals surface area contributed by atoms with Crippen molar-refractivity contribution in [2.45, 2.75) is 65.3 Å². The van der Waals surface area contributed by atoms with Gasteiger partial charge < -0.3 is 15.7 Å². The third kappa shape index (κ3) is 7.34. The minimum absolute atomic E-state index is 0.0881. The van der Waals surface area contributed by atoms with Gasteiger partial charge >= 0.3 is 12.0 Å². The average molecular weight is 298 g/mol. The summed E-state index contributed by atoms with van der Waals surface area (Å²) in [6, 6.07) is 0.225. The van der Waals surface area contributed by atoms with Crippen LogP contribution >= 0.6 is 0 Å². The van der Waals surface area contributed by atoms with Gasteiger partial charge in [0, 0.05) is 19.0 Å². The third-order valence-electron chi connectivity index (χ3n) is 4.50. The van der Waals surface area contributed by atoms with Crippen molar-refractivity contribution < 1.29 is 14.7 Å². The molecule has 0 aromatic heterocycles. The molecule has 0 radical (unpaired) electrons. The maximum Gasteiger partial charge on any atom is 0.315 e. The molecule has 0 aromatic carbocycles. The van der Waals surface area contributed by atoms with Crippen LogP contribution in [-0.4, -0.2) is 29.7 Å². The van der Waals surface area contributed by atoms with Crippen LogP contribution in [0.1, 0.15) is 59.3 Å². The van der Waals surface area contributed by atoms with Gasteiger partial charge in [0.2, 0.25) is 0 Å². The number of aliphatic carboxylic acids is 1. The molecule has 0 aromatic rings. The Morgan fingerprint density at radius 3 is 2.48 bits per heavy atom. The fourth-order valence-corrected chi connectivity index (χ4v) is 3.07. The molecule has 5 nitrogen and oxygen atoms in total. The lowest BCUT2D eigenvalue weighted by Crippen LogP contribution is -2.41. The van der Waals surface area contributed by atoms with E-state index in [0.717, 1.165) is 19.3 Å². The van der Waals surface area contributed by atoms with Crippen LogP contribution in [0.15, 0.2) is 0 Å². The van der Waals surface area contributed by atoms with Crippen molar-refractivity contribution in [2.75, 3.05) is 6.54 Å². The fraction of sp³-hybridized carbons (Fsp3) is 0.875. The molecule has 5 heteroatoms. The van der Waals surface area contributed by atoms with Crippen LogP contribution in [0.25, 0.3) is 0 Å². The highest BCUT2D eigenvalue weighted by molar-refractivity contribution is 5.74. The Morgan fingerprint density at radius 2 is 1.95 bits per heavy atom. The van der Waals surface area contributed by atoms with Gasteiger partial charge in [-0.05, 0) is 49.9 Å².